The Balaban J connectivity index is 1.71. The molecule has 0 spiro atoms. The average Bonchev–Trinajstić information content (AvgIpc) is 3.33. The SMILES string of the molecule is CCC(C)CNc1nc2c(SCc3ccccc3)ncnc2n1[C@@H]1O[C@H](CO)[C@@H](O)[C@H]1O. The number of nitrogens with one attached hydrogen (secondary N) is 1. The molecular formula is C22H29N5O4S. The molecule has 0 saturated carbocycles. The van der Waals surface area contributed by atoms with Gasteiger partial charge in [-0.25, -0.2) is 15.0 Å². The highest BCUT2D eigenvalue weighted by Gasteiger charge is 2.45. The predicted molar refractivity (Wildman–Crippen MR) is 122 cm³/mol. The lowest BCUT2D eigenvalue weighted by atomic mass is 10.1. The highest BCUT2D eigenvalue weighted by molar-refractivity contribution is 7.98. The largest absolute Gasteiger partial charge is 0.394 e. The summed E-state index contributed by atoms with van der Waals surface area (Å²) in [6.45, 7) is 4.53. The third-order valence-electron chi connectivity index (χ3n) is 5.74. The number of hydrogen-bond donors (Lipinski definition) is 4. The average molecular weight is 460 g/mol. The lowest BCUT2D eigenvalue weighted by Crippen LogP contribution is -2.33. The fourth-order valence-electron chi connectivity index (χ4n) is 3.59. The lowest BCUT2D eigenvalue weighted by molar-refractivity contribution is -0.0501. The molecule has 1 fully saturated rings. The van der Waals surface area contributed by atoms with Gasteiger partial charge in [-0.1, -0.05) is 62.4 Å². The summed E-state index contributed by atoms with van der Waals surface area (Å²) < 4.78 is 7.46. The van der Waals surface area contributed by atoms with E-state index in [-0.39, 0.29) is 0 Å². The maximum atomic E-state index is 10.6. The van der Waals surface area contributed by atoms with E-state index >= 15 is 0 Å². The molecule has 0 amide bonds. The van der Waals surface area contributed by atoms with Crippen molar-refractivity contribution >= 4 is 28.9 Å². The molecule has 3 heterocycles. The number of ether oxygens (including phenoxy) is 1. The van der Waals surface area contributed by atoms with Crippen LogP contribution in [0.5, 0.6) is 0 Å². The topological polar surface area (TPSA) is 126 Å². The molecule has 1 aliphatic rings. The van der Waals surface area contributed by atoms with E-state index in [2.05, 4.69) is 41.3 Å². The summed E-state index contributed by atoms with van der Waals surface area (Å²) in [5, 5.41) is 34.5. The predicted octanol–water partition coefficient (Wildman–Crippen LogP) is 2.19. The molecule has 32 heavy (non-hydrogen) atoms. The first-order valence-corrected chi connectivity index (χ1v) is 11.8. The normalized spacial score (nSPS) is 24.2. The van der Waals surface area contributed by atoms with Gasteiger partial charge in [-0.05, 0) is 11.5 Å². The van der Waals surface area contributed by atoms with Gasteiger partial charge in [-0.15, -0.1) is 0 Å². The summed E-state index contributed by atoms with van der Waals surface area (Å²) in [7, 11) is 0. The van der Waals surface area contributed by atoms with E-state index in [0.717, 1.165) is 17.2 Å². The second-order valence-electron chi connectivity index (χ2n) is 8.05. The van der Waals surface area contributed by atoms with E-state index in [1.807, 2.05) is 18.2 Å². The molecule has 1 unspecified atom stereocenters. The van der Waals surface area contributed by atoms with Crippen LogP contribution in [0.3, 0.4) is 0 Å². The first-order valence-electron chi connectivity index (χ1n) is 10.8. The van der Waals surface area contributed by atoms with Gasteiger partial charge >= 0.3 is 0 Å². The quantitative estimate of drug-likeness (QED) is 0.281. The lowest BCUT2D eigenvalue weighted by Gasteiger charge is -2.20. The number of aliphatic hydroxyl groups excluding tert-OH is 3. The first-order chi connectivity index (χ1) is 15.5. The molecule has 1 aliphatic heterocycles. The summed E-state index contributed by atoms with van der Waals surface area (Å²) >= 11 is 1.56. The van der Waals surface area contributed by atoms with Crippen LogP contribution in [0.15, 0.2) is 41.7 Å². The molecule has 3 aromatic rings. The number of rotatable bonds is 9. The van der Waals surface area contributed by atoms with Crippen molar-refractivity contribution in [3.05, 3.63) is 42.2 Å². The van der Waals surface area contributed by atoms with E-state index in [1.54, 1.807) is 16.3 Å². The van der Waals surface area contributed by atoms with Gasteiger partial charge in [0.25, 0.3) is 0 Å². The Hall–Kier alpha value is -2.24. The van der Waals surface area contributed by atoms with Crippen LogP contribution in [-0.4, -0.2) is 66.3 Å². The number of imidazole rings is 1. The van der Waals surface area contributed by atoms with Crippen molar-refractivity contribution in [2.75, 3.05) is 18.5 Å². The molecule has 172 valence electrons. The number of thioether (sulfide) groups is 1. The number of aromatic nitrogens is 4. The highest BCUT2D eigenvalue weighted by atomic mass is 32.2. The van der Waals surface area contributed by atoms with Crippen molar-refractivity contribution in [1.82, 2.24) is 19.5 Å². The second-order valence-corrected chi connectivity index (χ2v) is 9.02. The van der Waals surface area contributed by atoms with Gasteiger partial charge in [0.15, 0.2) is 11.9 Å². The van der Waals surface area contributed by atoms with Crippen molar-refractivity contribution in [2.45, 2.75) is 55.6 Å². The molecular weight excluding hydrogens is 430 g/mol. The number of nitrogens with zero attached hydrogens (tertiary/aromatic N) is 4. The minimum Gasteiger partial charge on any atom is -0.394 e. The van der Waals surface area contributed by atoms with Crippen LogP contribution in [0.25, 0.3) is 11.2 Å². The minimum absolute atomic E-state index is 0.399. The summed E-state index contributed by atoms with van der Waals surface area (Å²) in [5.41, 5.74) is 2.26. The fraction of sp³-hybridized carbons (Fsp3) is 0.500. The van der Waals surface area contributed by atoms with Crippen molar-refractivity contribution in [3.63, 3.8) is 0 Å². The summed E-state index contributed by atoms with van der Waals surface area (Å²) in [4.78, 5) is 13.6. The van der Waals surface area contributed by atoms with Gasteiger partial charge in [-0.3, -0.25) is 4.57 Å². The third-order valence-corrected chi connectivity index (χ3v) is 6.79. The van der Waals surface area contributed by atoms with Crippen LogP contribution >= 0.6 is 11.8 Å². The van der Waals surface area contributed by atoms with Gasteiger partial charge in [0.2, 0.25) is 5.95 Å². The Morgan fingerprint density at radius 2 is 1.97 bits per heavy atom. The van der Waals surface area contributed by atoms with Crippen LogP contribution in [0.2, 0.25) is 0 Å². The molecule has 1 aromatic carbocycles. The molecule has 1 saturated heterocycles. The second kappa shape index (κ2) is 10.1. The summed E-state index contributed by atoms with van der Waals surface area (Å²) in [6.07, 6.45) is -1.80. The number of hydrogen-bond acceptors (Lipinski definition) is 9. The zero-order valence-electron chi connectivity index (χ0n) is 18.1. The standard InChI is InChI=1S/C22H29N5O4S/c1-3-13(2)9-23-22-26-16-19(27(22)21-18(30)17(29)15(10-28)31-21)24-12-25-20(16)32-11-14-7-5-4-6-8-14/h4-8,12-13,15,17-18,21,28-30H,3,9-11H2,1-2H3,(H,23,26)/t13?,15-,17-,18-,21-/m1/s1. The van der Waals surface area contributed by atoms with Gasteiger partial charge in [0, 0.05) is 12.3 Å². The van der Waals surface area contributed by atoms with Crippen LogP contribution in [0, 0.1) is 5.92 Å². The molecule has 4 N–H and O–H groups in total. The van der Waals surface area contributed by atoms with Crippen LogP contribution in [0.1, 0.15) is 32.1 Å². The molecule has 0 radical (unpaired) electrons. The summed E-state index contributed by atoms with van der Waals surface area (Å²) in [6, 6.07) is 10.1. The van der Waals surface area contributed by atoms with E-state index in [1.165, 1.54) is 11.9 Å². The Labute approximate surface area is 190 Å². The Morgan fingerprint density at radius 1 is 1.19 bits per heavy atom. The van der Waals surface area contributed by atoms with Gasteiger partial charge in [0.05, 0.1) is 6.61 Å². The smallest absolute Gasteiger partial charge is 0.207 e. The van der Waals surface area contributed by atoms with Gasteiger partial charge in [-0.2, -0.15) is 0 Å². The number of anilines is 1. The zero-order chi connectivity index (χ0) is 22.7. The highest BCUT2D eigenvalue weighted by Crippen LogP contribution is 2.36. The maximum absolute atomic E-state index is 10.6. The van der Waals surface area contributed by atoms with Crippen molar-refractivity contribution in [2.24, 2.45) is 5.92 Å². The van der Waals surface area contributed by atoms with Crippen molar-refractivity contribution in [1.29, 1.82) is 0 Å². The molecule has 9 nitrogen and oxygen atoms in total. The molecule has 4 rings (SSSR count). The zero-order valence-corrected chi connectivity index (χ0v) is 18.9. The monoisotopic (exact) mass is 459 g/mol. The van der Waals surface area contributed by atoms with Crippen LogP contribution < -0.4 is 5.32 Å². The van der Waals surface area contributed by atoms with E-state index in [4.69, 9.17) is 9.72 Å². The molecule has 0 bridgehead atoms. The van der Waals surface area contributed by atoms with Crippen molar-refractivity contribution in [3.8, 4) is 0 Å². The van der Waals surface area contributed by atoms with Crippen LogP contribution in [0.4, 0.5) is 5.95 Å². The number of aliphatic hydroxyl groups is 3. The van der Waals surface area contributed by atoms with Crippen molar-refractivity contribution < 1.29 is 20.1 Å². The Kier molecular flexibility index (Phi) is 7.27. The molecule has 5 atom stereocenters. The minimum atomic E-state index is -1.23. The van der Waals surface area contributed by atoms with Gasteiger partial charge in [0.1, 0.15) is 35.2 Å². The fourth-order valence-corrected chi connectivity index (χ4v) is 4.48. The van der Waals surface area contributed by atoms with Crippen LogP contribution in [-0.2, 0) is 10.5 Å². The first kappa shape index (κ1) is 22.9. The maximum Gasteiger partial charge on any atom is 0.207 e. The van der Waals surface area contributed by atoms with E-state index in [9.17, 15) is 15.3 Å². The summed E-state index contributed by atoms with van der Waals surface area (Å²) in [5.74, 6) is 1.62. The molecule has 2 aromatic heterocycles. The van der Waals surface area contributed by atoms with E-state index < -0.39 is 31.1 Å². The Bertz CT molecular complexity index is 1030. The number of benzene rings is 1. The van der Waals surface area contributed by atoms with Gasteiger partial charge < -0.3 is 25.4 Å². The molecule has 10 heteroatoms. The van der Waals surface area contributed by atoms with E-state index in [0.29, 0.717) is 29.6 Å². The molecule has 0 aliphatic carbocycles. The third kappa shape index (κ3) is 4.60. The number of fused-ring (bicyclic) bond motifs is 1. The Morgan fingerprint density at radius 3 is 2.66 bits per heavy atom.